The second kappa shape index (κ2) is 5.01. The predicted molar refractivity (Wildman–Crippen MR) is 52.6 cm³/mol. The molecule has 16 heavy (non-hydrogen) atoms. The van der Waals surface area contributed by atoms with Gasteiger partial charge in [-0.3, -0.25) is 4.79 Å². The number of hydrogen-bond acceptors (Lipinski definition) is 4. The maximum atomic E-state index is 10.4. The van der Waals surface area contributed by atoms with Crippen LogP contribution in [0.3, 0.4) is 0 Å². The van der Waals surface area contributed by atoms with Crippen molar-refractivity contribution in [1.29, 1.82) is 0 Å². The zero-order chi connectivity index (χ0) is 12.1. The average molecular weight is 226 g/mol. The van der Waals surface area contributed by atoms with Crippen molar-refractivity contribution in [2.75, 3.05) is 6.61 Å². The Labute approximate surface area is 90.7 Å². The summed E-state index contributed by atoms with van der Waals surface area (Å²) in [5.41, 5.74) is 0.341. The molecule has 6 heteroatoms. The molecule has 0 aliphatic carbocycles. The Morgan fingerprint density at radius 2 is 1.81 bits per heavy atom. The molecule has 3 N–H and O–H groups in total. The van der Waals surface area contributed by atoms with Gasteiger partial charge in [-0.2, -0.15) is 0 Å². The Morgan fingerprint density at radius 1 is 1.12 bits per heavy atom. The third-order valence-electron chi connectivity index (χ3n) is 1.67. The minimum atomic E-state index is -1.15. The fourth-order valence-electron chi connectivity index (χ4n) is 1.15. The van der Waals surface area contributed by atoms with Gasteiger partial charge in [0, 0.05) is 6.07 Å². The lowest BCUT2D eigenvalue weighted by molar-refractivity contribution is -0.139. The summed E-state index contributed by atoms with van der Waals surface area (Å²) < 4.78 is 4.82. The summed E-state index contributed by atoms with van der Waals surface area (Å²) in [7, 11) is 0. The number of aromatic hydroxyl groups is 1. The van der Waals surface area contributed by atoms with Crippen LogP contribution in [0.2, 0.25) is 0 Å². The van der Waals surface area contributed by atoms with Crippen molar-refractivity contribution in [2.24, 2.45) is 0 Å². The Kier molecular flexibility index (Phi) is 3.71. The third kappa shape index (κ3) is 3.87. The first kappa shape index (κ1) is 11.8. The van der Waals surface area contributed by atoms with Crippen molar-refractivity contribution in [1.82, 2.24) is 0 Å². The van der Waals surface area contributed by atoms with E-state index in [2.05, 4.69) is 0 Å². The molecule has 1 rings (SSSR count). The number of rotatable bonds is 5. The maximum absolute atomic E-state index is 10.4. The van der Waals surface area contributed by atoms with Gasteiger partial charge >= 0.3 is 11.9 Å². The average Bonchev–Trinajstić information content (AvgIpc) is 2.12. The third-order valence-corrected chi connectivity index (χ3v) is 1.67. The minimum Gasteiger partial charge on any atom is -0.508 e. The van der Waals surface area contributed by atoms with Crippen LogP contribution in [-0.2, 0) is 16.0 Å². The van der Waals surface area contributed by atoms with Crippen molar-refractivity contribution in [2.45, 2.75) is 6.42 Å². The SMILES string of the molecule is O=C(O)COc1cc(O)cc(CC(=O)O)c1. The van der Waals surface area contributed by atoms with Gasteiger partial charge in [0.2, 0.25) is 0 Å². The molecule has 1 aromatic rings. The summed E-state index contributed by atoms with van der Waals surface area (Å²) in [5.74, 6) is -2.24. The van der Waals surface area contributed by atoms with Crippen LogP contribution in [-0.4, -0.2) is 33.9 Å². The summed E-state index contributed by atoms with van der Waals surface area (Å²) in [4.78, 5) is 20.7. The number of aliphatic carboxylic acids is 2. The highest BCUT2D eigenvalue weighted by Crippen LogP contribution is 2.22. The van der Waals surface area contributed by atoms with Crippen molar-refractivity contribution in [3.63, 3.8) is 0 Å². The normalized spacial score (nSPS) is 9.75. The van der Waals surface area contributed by atoms with E-state index in [-0.39, 0.29) is 17.9 Å². The van der Waals surface area contributed by atoms with Crippen LogP contribution >= 0.6 is 0 Å². The number of ether oxygens (including phenoxy) is 1. The number of phenols is 1. The summed E-state index contributed by atoms with van der Waals surface area (Å²) in [5, 5.41) is 26.2. The smallest absolute Gasteiger partial charge is 0.341 e. The Balaban J connectivity index is 2.80. The molecular weight excluding hydrogens is 216 g/mol. The molecule has 1 aromatic carbocycles. The number of carbonyl (C=O) groups is 2. The predicted octanol–water partition coefficient (Wildman–Crippen LogP) is 0.483. The van der Waals surface area contributed by atoms with E-state index in [1.54, 1.807) is 0 Å². The highest BCUT2D eigenvalue weighted by Gasteiger charge is 2.06. The van der Waals surface area contributed by atoms with Gasteiger partial charge in [0.1, 0.15) is 11.5 Å². The van der Waals surface area contributed by atoms with E-state index in [1.807, 2.05) is 0 Å². The molecule has 0 atom stereocenters. The quantitative estimate of drug-likeness (QED) is 0.674. The Morgan fingerprint density at radius 3 is 2.38 bits per heavy atom. The highest BCUT2D eigenvalue weighted by molar-refractivity contribution is 5.71. The summed E-state index contributed by atoms with van der Waals surface area (Å²) >= 11 is 0. The second-order valence-electron chi connectivity index (χ2n) is 3.09. The number of carboxylic acid groups (broad SMARTS) is 2. The van der Waals surface area contributed by atoms with Crippen molar-refractivity contribution in [3.05, 3.63) is 23.8 Å². The van der Waals surface area contributed by atoms with Gasteiger partial charge in [0.15, 0.2) is 6.61 Å². The van der Waals surface area contributed by atoms with Gasteiger partial charge in [-0.05, 0) is 17.7 Å². The topological polar surface area (TPSA) is 104 Å². The van der Waals surface area contributed by atoms with E-state index in [0.29, 0.717) is 5.56 Å². The zero-order valence-electron chi connectivity index (χ0n) is 8.21. The molecule has 0 aliphatic heterocycles. The van der Waals surface area contributed by atoms with Crippen LogP contribution in [0.4, 0.5) is 0 Å². The van der Waals surface area contributed by atoms with Gasteiger partial charge in [-0.25, -0.2) is 4.79 Å². The first-order valence-electron chi connectivity index (χ1n) is 4.36. The molecule has 0 bridgehead atoms. The standard InChI is InChI=1S/C10H10O6/c11-7-1-6(3-9(12)13)2-8(4-7)16-5-10(14)15/h1-2,4,11H,3,5H2,(H,12,13)(H,14,15). The van der Waals surface area contributed by atoms with Gasteiger partial charge < -0.3 is 20.1 Å². The Bertz CT molecular complexity index is 412. The lowest BCUT2D eigenvalue weighted by Crippen LogP contribution is -2.09. The van der Waals surface area contributed by atoms with Gasteiger partial charge in [0.25, 0.3) is 0 Å². The van der Waals surface area contributed by atoms with Crippen LogP contribution < -0.4 is 4.74 Å². The van der Waals surface area contributed by atoms with Crippen molar-refractivity contribution in [3.8, 4) is 11.5 Å². The molecule has 86 valence electrons. The molecule has 0 saturated heterocycles. The van der Waals surface area contributed by atoms with Crippen LogP contribution in [0.1, 0.15) is 5.56 Å². The van der Waals surface area contributed by atoms with Crippen LogP contribution in [0.25, 0.3) is 0 Å². The Hall–Kier alpha value is -2.24. The molecule has 0 unspecified atom stereocenters. The largest absolute Gasteiger partial charge is 0.508 e. The number of carboxylic acids is 2. The van der Waals surface area contributed by atoms with Gasteiger partial charge in [-0.15, -0.1) is 0 Å². The zero-order valence-corrected chi connectivity index (χ0v) is 8.21. The minimum absolute atomic E-state index is 0.124. The molecule has 0 fully saturated rings. The lowest BCUT2D eigenvalue weighted by atomic mass is 10.1. The van der Waals surface area contributed by atoms with E-state index in [1.165, 1.54) is 18.2 Å². The monoisotopic (exact) mass is 226 g/mol. The summed E-state index contributed by atoms with van der Waals surface area (Å²) in [6.07, 6.45) is -0.266. The maximum Gasteiger partial charge on any atom is 0.341 e. The van der Waals surface area contributed by atoms with Crippen molar-refractivity contribution >= 4 is 11.9 Å². The van der Waals surface area contributed by atoms with Crippen LogP contribution in [0.15, 0.2) is 18.2 Å². The molecule has 0 aliphatic rings. The molecule has 0 heterocycles. The molecule has 6 nitrogen and oxygen atoms in total. The fourth-order valence-corrected chi connectivity index (χ4v) is 1.15. The molecule has 0 spiro atoms. The van der Waals surface area contributed by atoms with E-state index in [4.69, 9.17) is 14.9 Å². The molecule has 0 saturated carbocycles. The van der Waals surface area contributed by atoms with Crippen LogP contribution in [0, 0.1) is 0 Å². The molecule has 0 radical (unpaired) electrons. The fraction of sp³-hybridized carbons (Fsp3) is 0.200. The summed E-state index contributed by atoms with van der Waals surface area (Å²) in [6, 6.07) is 3.87. The number of hydrogen-bond donors (Lipinski definition) is 3. The van der Waals surface area contributed by atoms with E-state index in [0.717, 1.165) is 0 Å². The van der Waals surface area contributed by atoms with E-state index < -0.39 is 18.5 Å². The first-order chi connectivity index (χ1) is 7.47. The lowest BCUT2D eigenvalue weighted by Gasteiger charge is -2.06. The molecule has 0 amide bonds. The van der Waals surface area contributed by atoms with Crippen LogP contribution in [0.5, 0.6) is 11.5 Å². The first-order valence-corrected chi connectivity index (χ1v) is 4.36. The van der Waals surface area contributed by atoms with E-state index >= 15 is 0 Å². The number of phenolic OH excluding ortho intramolecular Hbond substituents is 1. The van der Waals surface area contributed by atoms with E-state index in [9.17, 15) is 14.7 Å². The van der Waals surface area contributed by atoms with Gasteiger partial charge in [0.05, 0.1) is 6.42 Å². The molecule has 0 aromatic heterocycles. The summed E-state index contributed by atoms with van der Waals surface area (Å²) in [6.45, 7) is -0.546. The number of benzene rings is 1. The molecular formula is C10H10O6. The van der Waals surface area contributed by atoms with Gasteiger partial charge in [-0.1, -0.05) is 0 Å². The van der Waals surface area contributed by atoms with Crippen molar-refractivity contribution < 1.29 is 29.6 Å². The second-order valence-corrected chi connectivity index (χ2v) is 3.09. The highest BCUT2D eigenvalue weighted by atomic mass is 16.5.